The summed E-state index contributed by atoms with van der Waals surface area (Å²) in [5, 5.41) is 10.1. The third kappa shape index (κ3) is 9.23. The summed E-state index contributed by atoms with van der Waals surface area (Å²) in [6, 6.07) is 134. The van der Waals surface area contributed by atoms with E-state index in [0.717, 1.165) is 24.2 Å². The molecule has 102 heavy (non-hydrogen) atoms. The molecule has 22 rings (SSSR count). The molecule has 0 fully saturated rings. The molecular formula is C98H64N4. The molecule has 0 aliphatic heterocycles. The van der Waals surface area contributed by atoms with Gasteiger partial charge in [-0.2, -0.15) is 0 Å². The third-order valence-corrected chi connectivity index (χ3v) is 21.9. The maximum absolute atomic E-state index is 2.42. The van der Waals surface area contributed by atoms with E-state index in [1.165, 1.54) is 188 Å². The van der Waals surface area contributed by atoms with Crippen LogP contribution >= 0.6 is 0 Å². The zero-order valence-corrected chi connectivity index (χ0v) is 55.8. The largest absolute Gasteiger partial charge is 0.309 e. The maximum atomic E-state index is 2.42. The molecule has 4 heterocycles. The van der Waals surface area contributed by atoms with Gasteiger partial charge in [0, 0.05) is 65.8 Å². The Morgan fingerprint density at radius 1 is 0.147 bits per heavy atom. The van der Waals surface area contributed by atoms with Gasteiger partial charge in [0.05, 0.1) is 44.1 Å². The Morgan fingerprint density at radius 3 is 0.745 bits per heavy atom. The lowest BCUT2D eigenvalue weighted by Crippen LogP contribution is -1.96. The second-order valence-corrected chi connectivity index (χ2v) is 27.5. The van der Waals surface area contributed by atoms with E-state index in [2.05, 4.69) is 382 Å². The van der Waals surface area contributed by atoms with E-state index in [9.17, 15) is 0 Å². The van der Waals surface area contributed by atoms with E-state index in [1.807, 2.05) is 0 Å². The average molecular weight is 1300 g/mol. The van der Waals surface area contributed by atoms with E-state index >= 15 is 0 Å². The smallest absolute Gasteiger partial charge is 0.0542 e. The highest BCUT2D eigenvalue weighted by atomic mass is 15.0. The van der Waals surface area contributed by atoms with Crippen molar-refractivity contribution in [1.29, 1.82) is 0 Å². The summed E-state index contributed by atoms with van der Waals surface area (Å²) in [6.45, 7) is 0. The quantitative estimate of drug-likeness (QED) is 0.144. The second-order valence-electron chi connectivity index (χ2n) is 27.5. The molecule has 2 aliphatic rings. The summed E-state index contributed by atoms with van der Waals surface area (Å²) in [5.74, 6) is 0. The van der Waals surface area contributed by atoms with Crippen molar-refractivity contribution in [3.63, 3.8) is 0 Å². The van der Waals surface area contributed by atoms with Crippen LogP contribution in [0.2, 0.25) is 0 Å². The van der Waals surface area contributed by atoms with Crippen LogP contribution in [0.4, 0.5) is 0 Å². The fourth-order valence-electron chi connectivity index (χ4n) is 17.1. The summed E-state index contributed by atoms with van der Waals surface area (Å²) in [7, 11) is 0. The van der Waals surface area contributed by atoms with Gasteiger partial charge in [-0.25, -0.2) is 0 Å². The molecule has 0 spiro atoms. The van der Waals surface area contributed by atoms with Crippen LogP contribution in [-0.2, 0) is 12.8 Å². The lowest BCUT2D eigenvalue weighted by atomic mass is 9.96. The van der Waals surface area contributed by atoms with Gasteiger partial charge in [0.25, 0.3) is 0 Å². The number of nitrogens with zero attached hydrogens (tertiary/aromatic N) is 4. The van der Waals surface area contributed by atoms with E-state index < -0.39 is 0 Å². The second kappa shape index (κ2) is 23.2. The van der Waals surface area contributed by atoms with Crippen LogP contribution in [-0.4, -0.2) is 18.3 Å². The predicted octanol–water partition coefficient (Wildman–Crippen LogP) is 25.6. The minimum Gasteiger partial charge on any atom is -0.309 e. The number of rotatable bonds is 8. The fraction of sp³-hybridized carbons (Fsp3) is 0.0204. The zero-order chi connectivity index (χ0) is 66.9. The Kier molecular flexibility index (Phi) is 13.1. The first-order valence-corrected chi connectivity index (χ1v) is 35.5. The number of hydrogen-bond acceptors (Lipinski definition) is 0. The van der Waals surface area contributed by atoms with E-state index in [-0.39, 0.29) is 0 Å². The Hall–Kier alpha value is -13.3. The normalized spacial score (nSPS) is 12.2. The molecule has 4 aromatic heterocycles. The molecule has 0 radical (unpaired) electrons. The molecule has 2 aliphatic carbocycles. The van der Waals surface area contributed by atoms with Gasteiger partial charge in [-0.3, -0.25) is 0 Å². The first-order valence-electron chi connectivity index (χ1n) is 35.5. The van der Waals surface area contributed by atoms with Gasteiger partial charge < -0.3 is 18.3 Å². The van der Waals surface area contributed by atoms with Crippen molar-refractivity contribution in [3.05, 3.63) is 386 Å². The van der Waals surface area contributed by atoms with Crippen LogP contribution in [0.15, 0.2) is 364 Å². The highest BCUT2D eigenvalue weighted by Crippen LogP contribution is 2.44. The van der Waals surface area contributed by atoms with Crippen LogP contribution in [0.25, 0.3) is 177 Å². The topological polar surface area (TPSA) is 19.7 Å². The number of hydrogen-bond donors (Lipinski definition) is 0. The maximum Gasteiger partial charge on any atom is 0.0542 e. The van der Waals surface area contributed by atoms with Crippen LogP contribution < -0.4 is 0 Å². The van der Waals surface area contributed by atoms with Gasteiger partial charge in [-0.1, -0.05) is 255 Å². The van der Waals surface area contributed by atoms with E-state index in [4.69, 9.17) is 0 Å². The van der Waals surface area contributed by atoms with E-state index in [0.29, 0.717) is 0 Å². The number of aromatic nitrogens is 4. The highest BCUT2D eigenvalue weighted by Gasteiger charge is 2.23. The molecule has 476 valence electrons. The fourth-order valence-corrected chi connectivity index (χ4v) is 17.1. The van der Waals surface area contributed by atoms with Crippen molar-refractivity contribution in [2.45, 2.75) is 12.8 Å². The molecule has 16 aromatic carbocycles. The van der Waals surface area contributed by atoms with Gasteiger partial charge in [0.2, 0.25) is 0 Å². The number of benzene rings is 16. The summed E-state index contributed by atoms with van der Waals surface area (Å²) in [5.41, 5.74) is 35.4. The monoisotopic (exact) mass is 1300 g/mol. The summed E-state index contributed by atoms with van der Waals surface area (Å²) in [4.78, 5) is 0. The van der Waals surface area contributed by atoms with Crippen molar-refractivity contribution in [1.82, 2.24) is 18.3 Å². The molecule has 0 saturated heterocycles. The van der Waals surface area contributed by atoms with Crippen LogP contribution in [0.5, 0.6) is 0 Å². The molecule has 4 nitrogen and oxygen atoms in total. The van der Waals surface area contributed by atoms with Gasteiger partial charge in [-0.15, -0.1) is 0 Å². The Bertz CT molecular complexity index is 6290. The minimum absolute atomic E-state index is 1.02. The SMILES string of the molecule is c1cc(-c2ccc(-c3ccc4c(c3)-c3ccccc3C4)cc2)cc(-n2c3ccccc3c3cc(-n4c5ccccc5c5ccccc54)ccc32)c1.c1cc(-c2ccc(-c3ccc4c(c3)-c3ccccc3C4)cc2)cc(-n2c3ccccc3c3cc(-n4c5ccccc5c5ccccc54)ccc32)c1. The van der Waals surface area contributed by atoms with Gasteiger partial charge in [-0.05, 0) is 211 Å². The molecule has 0 N–H and O–H groups in total. The first-order chi connectivity index (χ1) is 50.6. The predicted molar refractivity (Wildman–Crippen MR) is 428 cm³/mol. The minimum atomic E-state index is 1.02. The van der Waals surface area contributed by atoms with Crippen molar-refractivity contribution in [2.24, 2.45) is 0 Å². The summed E-state index contributed by atoms with van der Waals surface area (Å²) < 4.78 is 9.64. The Labute approximate surface area is 590 Å². The number of para-hydroxylation sites is 6. The van der Waals surface area contributed by atoms with Crippen LogP contribution in [0.3, 0.4) is 0 Å². The van der Waals surface area contributed by atoms with Crippen molar-refractivity contribution < 1.29 is 0 Å². The standard InChI is InChI=1S/2C49H32N2/c2*1-2-13-40-36(10-1)28-37-25-24-35(30-44(37)40)33-22-20-32(21-23-33)34-11-9-12-38(29-34)50-48-19-8-5-16-43(48)45-31-39(26-27-49(45)50)51-46-17-6-3-14-41(46)42-15-4-7-18-47(42)51/h2*1-27,29-31H,28H2. The number of fused-ring (bicyclic) bond motifs is 18. The van der Waals surface area contributed by atoms with Gasteiger partial charge >= 0.3 is 0 Å². The van der Waals surface area contributed by atoms with Crippen LogP contribution in [0, 0.1) is 0 Å². The molecule has 0 atom stereocenters. The first kappa shape index (κ1) is 57.8. The lowest BCUT2D eigenvalue weighted by Gasteiger charge is -2.12. The lowest BCUT2D eigenvalue weighted by molar-refractivity contribution is 1.17. The Balaban J connectivity index is 0.000000133. The third-order valence-electron chi connectivity index (χ3n) is 21.9. The van der Waals surface area contributed by atoms with Gasteiger partial charge in [0.15, 0.2) is 0 Å². The van der Waals surface area contributed by atoms with Crippen LogP contribution in [0.1, 0.15) is 22.3 Å². The molecule has 0 amide bonds. The zero-order valence-electron chi connectivity index (χ0n) is 55.8. The van der Waals surface area contributed by atoms with E-state index in [1.54, 1.807) is 0 Å². The molecule has 0 unspecified atom stereocenters. The van der Waals surface area contributed by atoms with Crippen molar-refractivity contribution in [3.8, 4) is 89.5 Å². The molecule has 0 saturated carbocycles. The molecule has 4 heteroatoms. The van der Waals surface area contributed by atoms with Crippen molar-refractivity contribution in [2.75, 3.05) is 0 Å². The van der Waals surface area contributed by atoms with Crippen molar-refractivity contribution >= 4 is 87.2 Å². The molecule has 0 bridgehead atoms. The highest BCUT2D eigenvalue weighted by molar-refractivity contribution is 6.14. The average Bonchev–Trinajstić information content (AvgIpc) is 1.57. The van der Waals surface area contributed by atoms with Gasteiger partial charge in [0.1, 0.15) is 0 Å². The Morgan fingerprint density at radius 2 is 0.402 bits per heavy atom. The molecular weight excluding hydrogens is 1230 g/mol. The molecule has 20 aromatic rings. The summed E-state index contributed by atoms with van der Waals surface area (Å²) in [6.07, 6.45) is 2.05. The summed E-state index contributed by atoms with van der Waals surface area (Å²) >= 11 is 0.